The van der Waals surface area contributed by atoms with Gasteiger partial charge >= 0.3 is 5.69 Å². The molecule has 9 heteroatoms. The maximum Gasteiger partial charge on any atom is 0.353 e. The maximum absolute atomic E-state index is 11.0. The molecule has 2 rings (SSSR count). The number of nitro groups is 1. The highest BCUT2D eigenvalue weighted by molar-refractivity contribution is 5.69. The zero-order valence-corrected chi connectivity index (χ0v) is 11.7. The van der Waals surface area contributed by atoms with E-state index in [0.29, 0.717) is 19.0 Å². The topological polar surface area (TPSA) is 119 Å². The van der Waals surface area contributed by atoms with Gasteiger partial charge in [0.05, 0.1) is 17.1 Å². The van der Waals surface area contributed by atoms with Gasteiger partial charge in [0, 0.05) is 20.1 Å². The van der Waals surface area contributed by atoms with Gasteiger partial charge in [-0.3, -0.25) is 10.1 Å². The smallest absolute Gasteiger partial charge is 0.353 e. The summed E-state index contributed by atoms with van der Waals surface area (Å²) in [4.78, 5) is 20.5. The molecule has 1 aliphatic rings. The summed E-state index contributed by atoms with van der Waals surface area (Å²) in [5, 5.41) is 13.7. The first-order chi connectivity index (χ1) is 9.42. The second-order valence-corrected chi connectivity index (χ2v) is 4.78. The average molecular weight is 282 g/mol. The van der Waals surface area contributed by atoms with Crippen LogP contribution in [0, 0.1) is 10.1 Å². The van der Waals surface area contributed by atoms with Gasteiger partial charge < -0.3 is 20.7 Å². The van der Waals surface area contributed by atoms with Crippen molar-refractivity contribution in [3.05, 3.63) is 10.1 Å². The second-order valence-electron chi connectivity index (χ2n) is 4.78. The molecule has 0 saturated carbocycles. The number of hydrogen-bond acceptors (Lipinski definition) is 8. The van der Waals surface area contributed by atoms with Crippen LogP contribution in [0.25, 0.3) is 0 Å². The molecule has 0 aliphatic carbocycles. The number of rotatable bonds is 3. The van der Waals surface area contributed by atoms with E-state index >= 15 is 0 Å². The first-order valence-corrected chi connectivity index (χ1v) is 6.32. The Morgan fingerprint density at radius 1 is 1.40 bits per heavy atom. The highest BCUT2D eigenvalue weighted by atomic mass is 16.6. The fraction of sp³-hybridized carbons (Fsp3) is 0.636. The van der Waals surface area contributed by atoms with Crippen molar-refractivity contribution in [3.8, 4) is 0 Å². The van der Waals surface area contributed by atoms with Gasteiger partial charge in [0.25, 0.3) is 0 Å². The molecule has 0 amide bonds. The molecular weight excluding hydrogens is 264 g/mol. The van der Waals surface area contributed by atoms with Crippen molar-refractivity contribution in [3.63, 3.8) is 0 Å². The lowest BCUT2D eigenvalue weighted by molar-refractivity contribution is -0.383. The van der Waals surface area contributed by atoms with Gasteiger partial charge in [0.15, 0.2) is 0 Å². The lowest BCUT2D eigenvalue weighted by atomic mass is 10.2. The van der Waals surface area contributed by atoms with Crippen LogP contribution in [-0.2, 0) is 4.74 Å². The van der Waals surface area contributed by atoms with Crippen molar-refractivity contribution in [1.82, 2.24) is 9.97 Å². The van der Waals surface area contributed by atoms with Crippen molar-refractivity contribution in [1.29, 1.82) is 0 Å². The molecule has 0 unspecified atom stereocenters. The Balaban J connectivity index is 2.38. The van der Waals surface area contributed by atoms with Gasteiger partial charge in [-0.25, -0.2) is 0 Å². The van der Waals surface area contributed by atoms with Crippen LogP contribution in [0.5, 0.6) is 0 Å². The van der Waals surface area contributed by atoms with E-state index in [2.05, 4.69) is 15.3 Å². The van der Waals surface area contributed by atoms with Crippen LogP contribution in [0.4, 0.5) is 23.3 Å². The van der Waals surface area contributed by atoms with E-state index in [9.17, 15) is 10.1 Å². The van der Waals surface area contributed by atoms with Crippen LogP contribution in [0.1, 0.15) is 13.8 Å². The van der Waals surface area contributed by atoms with Gasteiger partial charge in [-0.15, -0.1) is 0 Å². The average Bonchev–Trinajstić information content (AvgIpc) is 2.35. The first-order valence-electron chi connectivity index (χ1n) is 6.32. The summed E-state index contributed by atoms with van der Waals surface area (Å²) in [6, 6.07) is 0. The predicted molar refractivity (Wildman–Crippen MR) is 74.9 cm³/mol. The Hall–Kier alpha value is -2.16. The van der Waals surface area contributed by atoms with Gasteiger partial charge in [-0.05, 0) is 13.8 Å². The van der Waals surface area contributed by atoms with Crippen LogP contribution < -0.4 is 16.0 Å². The number of hydrogen-bond donors (Lipinski definition) is 2. The summed E-state index contributed by atoms with van der Waals surface area (Å²) >= 11 is 0. The van der Waals surface area contributed by atoms with Crippen LogP contribution in [-0.4, -0.2) is 47.2 Å². The standard InChI is InChI=1S/C11H18N6O3/c1-6-4-16(5-7(2)20-6)11-14-9(12)8(17(18)19)10(13-3)15-11/h6-7H,4-5H2,1-3H3,(H3,12,13,14,15)/t6-,7-/m0/s1. The van der Waals surface area contributed by atoms with E-state index in [1.165, 1.54) is 0 Å². The third kappa shape index (κ3) is 2.72. The minimum absolute atomic E-state index is 0.0387. The molecule has 3 N–H and O–H groups in total. The molecule has 2 atom stereocenters. The maximum atomic E-state index is 11.0. The molecule has 9 nitrogen and oxygen atoms in total. The van der Waals surface area contributed by atoms with Gasteiger partial charge in [0.2, 0.25) is 17.6 Å². The Morgan fingerprint density at radius 3 is 2.50 bits per heavy atom. The molecule has 110 valence electrons. The summed E-state index contributed by atoms with van der Waals surface area (Å²) in [6.07, 6.45) is 0.0774. The number of anilines is 3. The van der Waals surface area contributed by atoms with E-state index in [4.69, 9.17) is 10.5 Å². The number of nitrogens with zero attached hydrogens (tertiary/aromatic N) is 4. The normalized spacial score (nSPS) is 22.6. The third-order valence-electron chi connectivity index (χ3n) is 3.02. The Morgan fingerprint density at radius 2 is 2.00 bits per heavy atom. The zero-order valence-electron chi connectivity index (χ0n) is 11.7. The molecule has 2 heterocycles. The third-order valence-corrected chi connectivity index (χ3v) is 3.02. The van der Waals surface area contributed by atoms with Crippen molar-refractivity contribution < 1.29 is 9.66 Å². The van der Waals surface area contributed by atoms with E-state index in [-0.39, 0.29) is 29.5 Å². The molecule has 1 saturated heterocycles. The lowest BCUT2D eigenvalue weighted by Gasteiger charge is -2.35. The molecular formula is C11H18N6O3. The second kappa shape index (κ2) is 5.45. The van der Waals surface area contributed by atoms with E-state index < -0.39 is 4.92 Å². The van der Waals surface area contributed by atoms with Crippen LogP contribution in [0.3, 0.4) is 0 Å². The quantitative estimate of drug-likeness (QED) is 0.611. The highest BCUT2D eigenvalue weighted by Crippen LogP contribution is 2.30. The largest absolute Gasteiger partial charge is 0.378 e. The number of ether oxygens (including phenoxy) is 1. The first kappa shape index (κ1) is 14.3. The van der Waals surface area contributed by atoms with Crippen LogP contribution >= 0.6 is 0 Å². The van der Waals surface area contributed by atoms with Crippen molar-refractivity contribution in [2.45, 2.75) is 26.1 Å². The summed E-state index contributed by atoms with van der Waals surface area (Å²) < 4.78 is 5.63. The van der Waals surface area contributed by atoms with E-state index in [0.717, 1.165) is 0 Å². The Bertz CT molecular complexity index is 513. The number of nitrogens with two attached hydrogens (primary N) is 1. The van der Waals surface area contributed by atoms with E-state index in [1.54, 1.807) is 7.05 Å². The minimum atomic E-state index is -0.588. The lowest BCUT2D eigenvalue weighted by Crippen LogP contribution is -2.46. The molecule has 1 aromatic heterocycles. The van der Waals surface area contributed by atoms with Crippen molar-refractivity contribution >= 4 is 23.3 Å². The monoisotopic (exact) mass is 282 g/mol. The van der Waals surface area contributed by atoms with Gasteiger partial charge in [-0.2, -0.15) is 9.97 Å². The molecule has 0 radical (unpaired) electrons. The van der Waals surface area contributed by atoms with Gasteiger partial charge in [0.1, 0.15) is 0 Å². The molecule has 0 bridgehead atoms. The molecule has 1 aromatic rings. The molecule has 20 heavy (non-hydrogen) atoms. The Labute approximate surface area is 116 Å². The molecule has 1 fully saturated rings. The predicted octanol–water partition coefficient (Wildman–Crippen LogP) is 0.622. The SMILES string of the molecule is CNc1nc(N2C[C@H](C)O[C@@H](C)C2)nc(N)c1[N+](=O)[O-]. The van der Waals surface area contributed by atoms with Crippen molar-refractivity contribution in [2.24, 2.45) is 0 Å². The fourth-order valence-corrected chi connectivity index (χ4v) is 2.30. The van der Waals surface area contributed by atoms with Crippen LogP contribution in [0.2, 0.25) is 0 Å². The number of morpholine rings is 1. The highest BCUT2D eigenvalue weighted by Gasteiger charge is 2.28. The number of aromatic nitrogens is 2. The fourth-order valence-electron chi connectivity index (χ4n) is 2.30. The van der Waals surface area contributed by atoms with Gasteiger partial charge in [-0.1, -0.05) is 0 Å². The number of nitrogens with one attached hydrogen (secondary N) is 1. The summed E-state index contributed by atoms with van der Waals surface area (Å²) in [7, 11) is 1.56. The molecule has 1 aliphatic heterocycles. The molecule has 0 aromatic carbocycles. The van der Waals surface area contributed by atoms with E-state index in [1.807, 2.05) is 18.7 Å². The summed E-state index contributed by atoms with van der Waals surface area (Å²) in [5.41, 5.74) is 5.38. The molecule has 0 spiro atoms. The minimum Gasteiger partial charge on any atom is -0.378 e. The summed E-state index contributed by atoms with van der Waals surface area (Å²) in [5.74, 6) is 0.347. The van der Waals surface area contributed by atoms with Crippen LogP contribution in [0.15, 0.2) is 0 Å². The zero-order chi connectivity index (χ0) is 14.9. The van der Waals surface area contributed by atoms with Crippen molar-refractivity contribution in [2.75, 3.05) is 36.1 Å². The summed E-state index contributed by atoms with van der Waals surface area (Å²) in [6.45, 7) is 5.14. The number of nitrogen functional groups attached to an aromatic ring is 1. The Kier molecular flexibility index (Phi) is 3.89.